The monoisotopic (exact) mass is 299 g/mol. The number of fused-ring (bicyclic) bond motifs is 1. The SMILES string of the molecule is CC(=O)Nc1ccc(-c2cn3c(n2)C(C(=O)O)CCC3)cc1. The molecule has 0 bridgehead atoms. The van der Waals surface area contributed by atoms with Gasteiger partial charge in [0.25, 0.3) is 0 Å². The van der Waals surface area contributed by atoms with Gasteiger partial charge in [0.05, 0.1) is 5.69 Å². The van der Waals surface area contributed by atoms with E-state index >= 15 is 0 Å². The van der Waals surface area contributed by atoms with E-state index in [1.165, 1.54) is 6.92 Å². The second-order valence-corrected chi connectivity index (χ2v) is 5.47. The number of carbonyl (C=O) groups is 2. The van der Waals surface area contributed by atoms with Crippen molar-refractivity contribution in [2.45, 2.75) is 32.2 Å². The van der Waals surface area contributed by atoms with E-state index in [4.69, 9.17) is 0 Å². The second-order valence-electron chi connectivity index (χ2n) is 5.47. The molecule has 0 saturated carbocycles. The maximum Gasteiger partial charge on any atom is 0.314 e. The number of carbonyl (C=O) groups excluding carboxylic acids is 1. The number of nitrogens with one attached hydrogen (secondary N) is 1. The largest absolute Gasteiger partial charge is 0.481 e. The third kappa shape index (κ3) is 2.72. The van der Waals surface area contributed by atoms with Gasteiger partial charge in [0, 0.05) is 30.9 Å². The number of rotatable bonds is 3. The van der Waals surface area contributed by atoms with Crippen LogP contribution in [0.4, 0.5) is 5.69 Å². The molecule has 6 nitrogen and oxygen atoms in total. The van der Waals surface area contributed by atoms with Gasteiger partial charge in [-0.1, -0.05) is 12.1 Å². The van der Waals surface area contributed by atoms with Crippen LogP contribution >= 0.6 is 0 Å². The Hall–Kier alpha value is -2.63. The molecule has 0 aliphatic carbocycles. The summed E-state index contributed by atoms with van der Waals surface area (Å²) in [4.78, 5) is 26.8. The molecule has 6 heteroatoms. The molecule has 1 unspecified atom stereocenters. The van der Waals surface area contributed by atoms with Crippen LogP contribution in [0.25, 0.3) is 11.3 Å². The molecule has 2 heterocycles. The van der Waals surface area contributed by atoms with Gasteiger partial charge < -0.3 is 15.0 Å². The van der Waals surface area contributed by atoms with Crippen molar-refractivity contribution in [1.29, 1.82) is 0 Å². The molecular formula is C16H17N3O3. The van der Waals surface area contributed by atoms with E-state index in [-0.39, 0.29) is 5.91 Å². The lowest BCUT2D eigenvalue weighted by Gasteiger charge is -2.19. The lowest BCUT2D eigenvalue weighted by molar-refractivity contribution is -0.139. The summed E-state index contributed by atoms with van der Waals surface area (Å²) < 4.78 is 1.93. The molecule has 2 aromatic rings. The Labute approximate surface area is 127 Å². The number of benzene rings is 1. The molecule has 114 valence electrons. The average molecular weight is 299 g/mol. The van der Waals surface area contributed by atoms with Crippen molar-refractivity contribution >= 4 is 17.6 Å². The van der Waals surface area contributed by atoms with E-state index < -0.39 is 11.9 Å². The maximum absolute atomic E-state index is 11.3. The summed E-state index contributed by atoms with van der Waals surface area (Å²) in [7, 11) is 0. The Morgan fingerprint density at radius 1 is 1.32 bits per heavy atom. The fraction of sp³-hybridized carbons (Fsp3) is 0.312. The first-order valence-electron chi connectivity index (χ1n) is 7.22. The number of aromatic nitrogens is 2. The molecular weight excluding hydrogens is 282 g/mol. The molecule has 0 radical (unpaired) electrons. The summed E-state index contributed by atoms with van der Waals surface area (Å²) in [6, 6.07) is 7.36. The number of imidazole rings is 1. The van der Waals surface area contributed by atoms with Gasteiger partial charge >= 0.3 is 5.97 Å². The molecule has 2 N–H and O–H groups in total. The highest BCUT2D eigenvalue weighted by Crippen LogP contribution is 2.30. The first kappa shape index (κ1) is 14.3. The van der Waals surface area contributed by atoms with Crippen LogP contribution < -0.4 is 5.32 Å². The zero-order valence-electron chi connectivity index (χ0n) is 12.2. The molecule has 1 amide bonds. The van der Waals surface area contributed by atoms with Crippen molar-refractivity contribution in [2.75, 3.05) is 5.32 Å². The summed E-state index contributed by atoms with van der Waals surface area (Å²) in [6.07, 6.45) is 3.38. The van der Waals surface area contributed by atoms with E-state index in [9.17, 15) is 14.7 Å². The standard InChI is InChI=1S/C16H17N3O3/c1-10(20)17-12-6-4-11(5-7-12)14-9-19-8-2-3-13(16(21)22)15(19)18-14/h4-7,9,13H,2-3,8H2,1H3,(H,17,20)(H,21,22). The van der Waals surface area contributed by atoms with Crippen LogP contribution in [0.3, 0.4) is 0 Å². The van der Waals surface area contributed by atoms with Gasteiger partial charge in [0.15, 0.2) is 0 Å². The van der Waals surface area contributed by atoms with E-state index in [1.807, 2.05) is 35.0 Å². The highest BCUT2D eigenvalue weighted by molar-refractivity contribution is 5.88. The summed E-state index contributed by atoms with van der Waals surface area (Å²) in [5.41, 5.74) is 2.39. The van der Waals surface area contributed by atoms with Crippen LogP contribution in [0.1, 0.15) is 31.5 Å². The number of nitrogens with zero attached hydrogens (tertiary/aromatic N) is 2. The molecule has 22 heavy (non-hydrogen) atoms. The van der Waals surface area contributed by atoms with Gasteiger partial charge in [-0.05, 0) is 25.0 Å². The minimum atomic E-state index is -0.820. The van der Waals surface area contributed by atoms with E-state index in [0.29, 0.717) is 12.2 Å². The van der Waals surface area contributed by atoms with Gasteiger partial charge in [0.2, 0.25) is 5.91 Å². The number of carboxylic acid groups (broad SMARTS) is 1. The third-order valence-electron chi connectivity index (χ3n) is 3.81. The van der Waals surface area contributed by atoms with Crippen LogP contribution in [0.15, 0.2) is 30.5 Å². The van der Waals surface area contributed by atoms with Crippen molar-refractivity contribution in [3.8, 4) is 11.3 Å². The van der Waals surface area contributed by atoms with Crippen molar-refractivity contribution in [3.63, 3.8) is 0 Å². The quantitative estimate of drug-likeness (QED) is 0.912. The molecule has 1 aliphatic rings. The number of aliphatic carboxylic acids is 1. The summed E-state index contributed by atoms with van der Waals surface area (Å²) in [6.45, 7) is 2.26. The molecule has 1 aromatic carbocycles. The fourth-order valence-corrected chi connectivity index (χ4v) is 2.78. The number of hydrogen-bond donors (Lipinski definition) is 2. The van der Waals surface area contributed by atoms with Crippen LogP contribution in [0.2, 0.25) is 0 Å². The van der Waals surface area contributed by atoms with Crippen molar-refractivity contribution in [1.82, 2.24) is 9.55 Å². The molecule has 1 atom stereocenters. The number of amides is 1. The van der Waals surface area contributed by atoms with E-state index in [1.54, 1.807) is 0 Å². The van der Waals surface area contributed by atoms with Gasteiger partial charge in [0.1, 0.15) is 11.7 Å². The van der Waals surface area contributed by atoms with Crippen molar-refractivity contribution in [2.24, 2.45) is 0 Å². The Morgan fingerprint density at radius 2 is 2.05 bits per heavy atom. The molecule has 1 aliphatic heterocycles. The Balaban J connectivity index is 1.90. The average Bonchev–Trinajstić information content (AvgIpc) is 2.90. The highest BCUT2D eigenvalue weighted by atomic mass is 16.4. The zero-order chi connectivity index (χ0) is 15.7. The van der Waals surface area contributed by atoms with Crippen molar-refractivity contribution in [3.05, 3.63) is 36.3 Å². The smallest absolute Gasteiger partial charge is 0.314 e. The Morgan fingerprint density at radius 3 is 2.68 bits per heavy atom. The summed E-state index contributed by atoms with van der Waals surface area (Å²) >= 11 is 0. The van der Waals surface area contributed by atoms with Crippen LogP contribution in [0, 0.1) is 0 Å². The van der Waals surface area contributed by atoms with Gasteiger partial charge in [-0.15, -0.1) is 0 Å². The fourth-order valence-electron chi connectivity index (χ4n) is 2.78. The third-order valence-corrected chi connectivity index (χ3v) is 3.81. The minimum Gasteiger partial charge on any atom is -0.481 e. The van der Waals surface area contributed by atoms with Gasteiger partial charge in [-0.2, -0.15) is 0 Å². The second kappa shape index (κ2) is 5.63. The Kier molecular flexibility index (Phi) is 3.66. The molecule has 0 spiro atoms. The number of aryl methyl sites for hydroxylation is 1. The zero-order valence-corrected chi connectivity index (χ0v) is 12.2. The predicted molar refractivity (Wildman–Crippen MR) is 81.6 cm³/mol. The topological polar surface area (TPSA) is 84.2 Å². The minimum absolute atomic E-state index is 0.116. The normalized spacial score (nSPS) is 16.9. The van der Waals surface area contributed by atoms with E-state index in [0.717, 1.165) is 29.9 Å². The highest BCUT2D eigenvalue weighted by Gasteiger charge is 2.28. The van der Waals surface area contributed by atoms with Crippen LogP contribution in [0.5, 0.6) is 0 Å². The first-order valence-corrected chi connectivity index (χ1v) is 7.22. The van der Waals surface area contributed by atoms with Gasteiger partial charge in [-0.25, -0.2) is 4.98 Å². The molecule has 0 saturated heterocycles. The number of hydrogen-bond acceptors (Lipinski definition) is 3. The first-order chi connectivity index (χ1) is 10.5. The summed E-state index contributed by atoms with van der Waals surface area (Å²) in [5, 5.41) is 12.0. The summed E-state index contributed by atoms with van der Waals surface area (Å²) in [5.74, 6) is -0.838. The molecule has 1 aromatic heterocycles. The lowest BCUT2D eigenvalue weighted by atomic mass is 9.99. The van der Waals surface area contributed by atoms with Gasteiger partial charge in [-0.3, -0.25) is 9.59 Å². The maximum atomic E-state index is 11.3. The molecule has 3 rings (SSSR count). The van der Waals surface area contributed by atoms with Crippen LogP contribution in [-0.2, 0) is 16.1 Å². The van der Waals surface area contributed by atoms with E-state index in [2.05, 4.69) is 10.3 Å². The molecule has 0 fully saturated rings. The van der Waals surface area contributed by atoms with Crippen molar-refractivity contribution < 1.29 is 14.7 Å². The Bertz CT molecular complexity index is 719. The number of carboxylic acids is 1. The predicted octanol–water partition coefficient (Wildman–Crippen LogP) is 2.47. The van der Waals surface area contributed by atoms with Crippen LogP contribution in [-0.4, -0.2) is 26.5 Å². The number of anilines is 1. The lowest BCUT2D eigenvalue weighted by Crippen LogP contribution is -2.21.